The Kier molecular flexibility index (Phi) is 4.08. The second-order valence-corrected chi connectivity index (χ2v) is 6.60. The third kappa shape index (κ3) is 2.74. The molecule has 5 heteroatoms. The van der Waals surface area contributed by atoms with Crippen LogP contribution >= 0.6 is 11.3 Å². The van der Waals surface area contributed by atoms with Gasteiger partial charge in [0, 0.05) is 24.2 Å². The summed E-state index contributed by atoms with van der Waals surface area (Å²) in [5.41, 5.74) is 1.06. The number of hydrogen-bond donors (Lipinski definition) is 0. The lowest BCUT2D eigenvalue weighted by Crippen LogP contribution is -2.40. The highest BCUT2D eigenvalue weighted by molar-refractivity contribution is 7.09. The first-order valence-corrected chi connectivity index (χ1v) is 8.42. The molecule has 0 unspecified atom stereocenters. The van der Waals surface area contributed by atoms with Crippen molar-refractivity contribution in [3.63, 3.8) is 0 Å². The standard InChI is InChI=1S/C15H22N2O2S/c1-3-19-13-8-11(13)15(18)17-7-5-4-6-12(17)14-16-10(2)9-20-14/h9,11-13H,3-8H2,1-2H3/t11-,12+,13+/m0/s1. The molecule has 2 fully saturated rings. The molecule has 1 aromatic heterocycles. The van der Waals surface area contributed by atoms with E-state index in [-0.39, 0.29) is 24.0 Å². The van der Waals surface area contributed by atoms with Gasteiger partial charge in [0.1, 0.15) is 5.01 Å². The van der Waals surface area contributed by atoms with Gasteiger partial charge in [0.25, 0.3) is 0 Å². The highest BCUT2D eigenvalue weighted by Gasteiger charge is 2.47. The SMILES string of the molecule is CCO[C@@H]1C[C@@H]1C(=O)N1CCCC[C@@H]1c1nc(C)cs1. The zero-order chi connectivity index (χ0) is 14.1. The Hall–Kier alpha value is -0.940. The Morgan fingerprint density at radius 1 is 1.55 bits per heavy atom. The van der Waals surface area contributed by atoms with Crippen molar-refractivity contribution in [1.82, 2.24) is 9.88 Å². The van der Waals surface area contributed by atoms with Crippen molar-refractivity contribution < 1.29 is 9.53 Å². The summed E-state index contributed by atoms with van der Waals surface area (Å²) in [7, 11) is 0. The number of nitrogens with zero attached hydrogens (tertiary/aromatic N) is 2. The molecule has 4 nitrogen and oxygen atoms in total. The van der Waals surface area contributed by atoms with Crippen LogP contribution in [-0.2, 0) is 9.53 Å². The molecule has 0 radical (unpaired) electrons. The number of ether oxygens (including phenoxy) is 1. The maximum atomic E-state index is 12.7. The molecule has 2 heterocycles. The Morgan fingerprint density at radius 3 is 3.10 bits per heavy atom. The summed E-state index contributed by atoms with van der Waals surface area (Å²) in [4.78, 5) is 19.3. The minimum Gasteiger partial charge on any atom is -0.378 e. The van der Waals surface area contributed by atoms with Gasteiger partial charge in [-0.15, -0.1) is 11.3 Å². The lowest BCUT2D eigenvalue weighted by Gasteiger charge is -2.34. The predicted molar refractivity (Wildman–Crippen MR) is 78.7 cm³/mol. The van der Waals surface area contributed by atoms with Gasteiger partial charge in [-0.05, 0) is 39.5 Å². The summed E-state index contributed by atoms with van der Waals surface area (Å²) in [6.45, 7) is 5.57. The van der Waals surface area contributed by atoms with Crippen LogP contribution in [0.25, 0.3) is 0 Å². The quantitative estimate of drug-likeness (QED) is 0.857. The fraction of sp³-hybridized carbons (Fsp3) is 0.733. The Morgan fingerprint density at radius 2 is 2.40 bits per heavy atom. The number of piperidine rings is 1. The molecule has 1 saturated heterocycles. The average Bonchev–Trinajstić information content (AvgIpc) is 3.09. The zero-order valence-corrected chi connectivity index (χ0v) is 13.0. The van der Waals surface area contributed by atoms with E-state index in [1.54, 1.807) is 11.3 Å². The number of amides is 1. The van der Waals surface area contributed by atoms with Crippen molar-refractivity contribution in [2.45, 2.75) is 51.7 Å². The van der Waals surface area contributed by atoms with Crippen LogP contribution in [0.5, 0.6) is 0 Å². The molecule has 3 atom stereocenters. The lowest BCUT2D eigenvalue weighted by molar-refractivity contribution is -0.137. The zero-order valence-electron chi connectivity index (χ0n) is 12.2. The number of aromatic nitrogens is 1. The number of carbonyl (C=O) groups excluding carboxylic acids is 1. The van der Waals surface area contributed by atoms with E-state index in [1.807, 2.05) is 13.8 Å². The van der Waals surface area contributed by atoms with Gasteiger partial charge in [0.15, 0.2) is 0 Å². The number of thiazole rings is 1. The largest absolute Gasteiger partial charge is 0.378 e. The van der Waals surface area contributed by atoms with Gasteiger partial charge in [0.2, 0.25) is 5.91 Å². The average molecular weight is 294 g/mol. The van der Waals surface area contributed by atoms with Crippen LogP contribution in [-0.4, -0.2) is 35.0 Å². The molecule has 0 N–H and O–H groups in total. The maximum absolute atomic E-state index is 12.7. The third-order valence-electron chi connectivity index (χ3n) is 4.14. The third-order valence-corrected chi connectivity index (χ3v) is 5.20. The summed E-state index contributed by atoms with van der Waals surface area (Å²) in [6, 6.07) is 0.192. The first-order chi connectivity index (χ1) is 9.70. The van der Waals surface area contributed by atoms with Crippen molar-refractivity contribution in [2.75, 3.05) is 13.2 Å². The van der Waals surface area contributed by atoms with E-state index in [9.17, 15) is 4.79 Å². The molecular formula is C15H22N2O2S. The lowest BCUT2D eigenvalue weighted by atomic mass is 10.0. The fourth-order valence-corrected chi connectivity index (χ4v) is 3.96. The van der Waals surface area contributed by atoms with Crippen LogP contribution in [0.4, 0.5) is 0 Å². The topological polar surface area (TPSA) is 42.4 Å². The molecule has 2 aliphatic rings. The van der Waals surface area contributed by atoms with Crippen LogP contribution in [0.1, 0.15) is 49.4 Å². The molecule has 110 valence electrons. The molecule has 1 saturated carbocycles. The van der Waals surface area contributed by atoms with Crippen LogP contribution in [0.15, 0.2) is 5.38 Å². The van der Waals surface area contributed by atoms with Gasteiger partial charge in [-0.1, -0.05) is 0 Å². The minimum absolute atomic E-state index is 0.0941. The van der Waals surface area contributed by atoms with Crippen LogP contribution in [0, 0.1) is 12.8 Å². The molecule has 1 aliphatic heterocycles. The molecule has 0 aromatic carbocycles. The van der Waals surface area contributed by atoms with Crippen molar-refractivity contribution in [3.05, 3.63) is 16.1 Å². The Labute approximate surface area is 124 Å². The van der Waals surface area contributed by atoms with E-state index < -0.39 is 0 Å². The summed E-state index contributed by atoms with van der Waals surface area (Å²) in [5, 5.41) is 3.18. The van der Waals surface area contributed by atoms with Crippen molar-refractivity contribution >= 4 is 17.2 Å². The number of carbonyl (C=O) groups is 1. The highest BCUT2D eigenvalue weighted by atomic mass is 32.1. The van der Waals surface area contributed by atoms with Gasteiger partial charge in [-0.25, -0.2) is 4.98 Å². The second-order valence-electron chi connectivity index (χ2n) is 5.71. The molecule has 1 aromatic rings. The summed E-state index contributed by atoms with van der Waals surface area (Å²) in [6.07, 6.45) is 4.40. The summed E-state index contributed by atoms with van der Waals surface area (Å²) in [5.74, 6) is 0.373. The van der Waals surface area contributed by atoms with E-state index >= 15 is 0 Å². The Balaban J connectivity index is 1.71. The predicted octanol–water partition coefficient (Wildman–Crippen LogP) is 2.93. The van der Waals surface area contributed by atoms with E-state index in [4.69, 9.17) is 4.74 Å². The first-order valence-electron chi connectivity index (χ1n) is 7.54. The molecule has 1 aliphatic carbocycles. The highest BCUT2D eigenvalue weighted by Crippen LogP contribution is 2.40. The van der Waals surface area contributed by atoms with Gasteiger partial charge in [0.05, 0.1) is 18.1 Å². The van der Waals surface area contributed by atoms with E-state index in [1.165, 1.54) is 6.42 Å². The summed E-state index contributed by atoms with van der Waals surface area (Å²) >= 11 is 1.68. The summed E-state index contributed by atoms with van der Waals surface area (Å²) < 4.78 is 5.56. The molecule has 3 rings (SSSR count). The normalized spacial score (nSPS) is 29.5. The molecule has 0 spiro atoms. The Bertz CT molecular complexity index is 488. The molecule has 1 amide bonds. The van der Waals surface area contributed by atoms with E-state index in [0.29, 0.717) is 6.61 Å². The van der Waals surface area contributed by atoms with Crippen LogP contribution < -0.4 is 0 Å². The molecule has 20 heavy (non-hydrogen) atoms. The first kappa shape index (κ1) is 14.0. The number of rotatable bonds is 4. The maximum Gasteiger partial charge on any atom is 0.229 e. The number of aryl methyl sites for hydroxylation is 1. The monoisotopic (exact) mass is 294 g/mol. The van der Waals surface area contributed by atoms with Gasteiger partial charge < -0.3 is 9.64 Å². The van der Waals surface area contributed by atoms with E-state index in [2.05, 4.69) is 15.3 Å². The smallest absolute Gasteiger partial charge is 0.229 e. The second kappa shape index (κ2) is 5.82. The van der Waals surface area contributed by atoms with Crippen LogP contribution in [0.3, 0.4) is 0 Å². The minimum atomic E-state index is 0.0941. The molecule has 0 bridgehead atoms. The number of hydrogen-bond acceptors (Lipinski definition) is 4. The van der Waals surface area contributed by atoms with Gasteiger partial charge in [-0.2, -0.15) is 0 Å². The van der Waals surface area contributed by atoms with Crippen molar-refractivity contribution in [1.29, 1.82) is 0 Å². The van der Waals surface area contributed by atoms with Crippen molar-refractivity contribution in [3.8, 4) is 0 Å². The van der Waals surface area contributed by atoms with Gasteiger partial charge in [-0.3, -0.25) is 4.79 Å². The number of likely N-dealkylation sites (tertiary alicyclic amines) is 1. The van der Waals surface area contributed by atoms with E-state index in [0.717, 1.165) is 36.5 Å². The van der Waals surface area contributed by atoms with Gasteiger partial charge >= 0.3 is 0 Å². The van der Waals surface area contributed by atoms with Crippen LogP contribution in [0.2, 0.25) is 0 Å². The molecular weight excluding hydrogens is 272 g/mol. The van der Waals surface area contributed by atoms with Crippen molar-refractivity contribution in [2.24, 2.45) is 5.92 Å². The fourth-order valence-electron chi connectivity index (χ4n) is 3.02.